The molecule has 0 unspecified atom stereocenters. The Morgan fingerprint density at radius 2 is 1.05 bits per heavy atom. The number of aliphatic hydroxyl groups is 2. The van der Waals surface area contributed by atoms with Gasteiger partial charge in [0.1, 0.15) is 90.3 Å². The number of carbonyl (C=O) groups excluding carboxylic acids is 18. The summed E-state index contributed by atoms with van der Waals surface area (Å²) in [5.74, 6) is -18.5. The van der Waals surface area contributed by atoms with Crippen molar-refractivity contribution in [3.63, 3.8) is 0 Å². The van der Waals surface area contributed by atoms with Gasteiger partial charge in [0.2, 0.25) is 106 Å². The number of benzene rings is 3. The Balaban J connectivity index is 1.09. The minimum Gasteiger partial charge on any atom is -0.508 e. The van der Waals surface area contributed by atoms with E-state index >= 15 is 33.6 Å². The zero-order valence-electron chi connectivity index (χ0n) is 74.7. The summed E-state index contributed by atoms with van der Waals surface area (Å²) in [6, 6.07) is -2.73. The normalized spacial score (nSPS) is 25.0. The molecule has 0 bridgehead atoms. The molecule has 3 aromatic carbocycles. The van der Waals surface area contributed by atoms with Crippen molar-refractivity contribution in [3.05, 3.63) is 120 Å². The summed E-state index contributed by atoms with van der Waals surface area (Å²) in [6.45, 7) is 3.95. The molecule has 3 aliphatic rings. The van der Waals surface area contributed by atoms with Crippen LogP contribution in [-0.2, 0) is 112 Å². The van der Waals surface area contributed by atoms with Crippen molar-refractivity contribution in [1.29, 1.82) is 0 Å². The lowest BCUT2D eigenvalue weighted by atomic mass is 10.00. The van der Waals surface area contributed by atoms with Gasteiger partial charge in [0.05, 0.1) is 37.8 Å². The molecule has 6 heterocycles. The second kappa shape index (κ2) is 48.4. The molecular weight excluding hydrogens is 1730 g/mol. The number of aromatic nitrogens is 4. The van der Waals surface area contributed by atoms with E-state index in [0.29, 0.717) is 64.2 Å². The van der Waals surface area contributed by atoms with Crippen molar-refractivity contribution in [2.24, 2.45) is 17.2 Å². The maximum Gasteiger partial charge on any atom is 0.246 e. The second-order valence-corrected chi connectivity index (χ2v) is 34.3. The van der Waals surface area contributed by atoms with E-state index in [9.17, 15) is 68.1 Å². The molecule has 3 aromatic heterocycles. The third-order valence-corrected chi connectivity index (χ3v) is 24.8. The van der Waals surface area contributed by atoms with Crippen molar-refractivity contribution in [3.8, 4) is 5.75 Å². The Kier molecular flexibility index (Phi) is 37.5. The van der Waals surface area contributed by atoms with Crippen LogP contribution in [-0.4, -0.2) is 316 Å². The summed E-state index contributed by atoms with van der Waals surface area (Å²) < 4.78 is 0. The highest BCUT2D eigenvalue weighted by Crippen LogP contribution is 2.28. The number of rotatable bonds is 24. The highest BCUT2D eigenvalue weighted by molar-refractivity contribution is 8.00. The summed E-state index contributed by atoms with van der Waals surface area (Å²) in [5.41, 5.74) is 19.6. The summed E-state index contributed by atoms with van der Waals surface area (Å²) in [7, 11) is 3.90. The van der Waals surface area contributed by atoms with Crippen LogP contribution in [0.1, 0.15) is 134 Å². The van der Waals surface area contributed by atoms with E-state index < -0.39 is 254 Å². The Morgan fingerprint density at radius 3 is 1.64 bits per heavy atom. The molecule has 0 aliphatic carbocycles. The monoisotopic (exact) mass is 1850 g/mol. The van der Waals surface area contributed by atoms with Crippen molar-refractivity contribution in [1.82, 2.24) is 97.6 Å². The number of imidazole rings is 1. The Bertz CT molecular complexity index is 5150. The van der Waals surface area contributed by atoms with Gasteiger partial charge in [-0.2, -0.15) is 0 Å². The van der Waals surface area contributed by atoms with Gasteiger partial charge in [-0.25, -0.2) is 4.98 Å². The quantitative estimate of drug-likeness (QED) is 0.0279. The van der Waals surface area contributed by atoms with Crippen LogP contribution in [0.3, 0.4) is 0 Å². The van der Waals surface area contributed by atoms with Crippen molar-refractivity contribution in [2.75, 3.05) is 58.9 Å². The fourth-order valence-corrected chi connectivity index (χ4v) is 17.1. The fourth-order valence-electron chi connectivity index (χ4n) is 16.2. The average Bonchev–Trinajstić information content (AvgIpc) is 1.59. The van der Waals surface area contributed by atoms with Gasteiger partial charge < -0.3 is 125 Å². The molecule has 22 N–H and O–H groups in total. The number of likely N-dealkylation sites (N-methyl/N-ethyl adjacent to an activating group) is 3. The number of phenolic OH excluding ortho intramolecular Hbond substituents is 1. The molecule has 43 nitrogen and oxygen atoms in total. The maximum atomic E-state index is 15.7. The SMILES string of the molecule is CCCC[C@H]1C(=O)N(C)[C@@H](CCCC)C(=O)N[C@@H](CC)C(=O)N[C@H](C(=O)NCC(N)=O)CSCC(=O)N[C@@H](Cc2ccc(O)cc2)C(=O)N(C)[C@@H](C)C(=O)N[C@@H](CC(N)=O)C(=O)N2CCC[C@H]2C(=O)N[C@@H](Cc2cnc[nH]2)C(=O)N[C@@H](CCC(N)=O)C(=O)N2C[C@H](O)C[C@H]2C(=O)N[C@@H](Cc2c[nH]c3ccccc23)C(=O)N[C@@H](CO)C(=O)N[C@@H](Cc2c[nH]c3ccccc23)C(=O)N1C. The van der Waals surface area contributed by atoms with Crippen LogP contribution >= 0.6 is 11.8 Å². The first kappa shape index (κ1) is 102. The molecule has 714 valence electrons. The number of nitrogens with one attached hydrogen (secondary N) is 13. The molecule has 3 fully saturated rings. The molecule has 18 amide bonds. The zero-order chi connectivity index (χ0) is 96.3. The van der Waals surface area contributed by atoms with E-state index in [0.717, 1.165) is 36.3 Å². The number of amides is 18. The number of H-pyrrole nitrogens is 3. The van der Waals surface area contributed by atoms with E-state index in [1.54, 1.807) is 67.8 Å². The summed E-state index contributed by atoms with van der Waals surface area (Å²) in [6.07, 6.45) is 2.34. The van der Waals surface area contributed by atoms with E-state index in [1.807, 2.05) is 13.8 Å². The van der Waals surface area contributed by atoms with Crippen LogP contribution < -0.4 is 70.4 Å². The average molecular weight is 1850 g/mol. The number of hydrogen-bond donors (Lipinski definition) is 19. The number of phenols is 1. The molecule has 9 rings (SSSR count). The number of para-hydroxylation sites is 2. The van der Waals surface area contributed by atoms with Crippen LogP contribution in [0.15, 0.2) is 97.7 Å². The number of thioether (sulfide) groups is 1. The highest BCUT2D eigenvalue weighted by Gasteiger charge is 2.47. The molecule has 15 atom stereocenters. The number of nitrogens with zero attached hydrogens (tertiary/aromatic N) is 6. The summed E-state index contributed by atoms with van der Waals surface area (Å²) in [4.78, 5) is 280. The predicted molar refractivity (Wildman–Crippen MR) is 480 cm³/mol. The van der Waals surface area contributed by atoms with Crippen LogP contribution in [0.25, 0.3) is 21.8 Å². The van der Waals surface area contributed by atoms with Gasteiger partial charge in [-0.15, -0.1) is 11.8 Å². The summed E-state index contributed by atoms with van der Waals surface area (Å²) in [5, 5.41) is 60.0. The molecule has 0 saturated carbocycles. The number of unbranched alkanes of at least 4 members (excludes halogenated alkanes) is 2. The second-order valence-electron chi connectivity index (χ2n) is 33.3. The van der Waals surface area contributed by atoms with Gasteiger partial charge in [0.25, 0.3) is 0 Å². The van der Waals surface area contributed by atoms with Gasteiger partial charge in [0.15, 0.2) is 0 Å². The largest absolute Gasteiger partial charge is 0.508 e. The van der Waals surface area contributed by atoms with Crippen LogP contribution in [0.4, 0.5) is 0 Å². The molecular formula is C88H120N22O21S. The van der Waals surface area contributed by atoms with Crippen molar-refractivity contribution >= 4 is 140 Å². The zero-order valence-corrected chi connectivity index (χ0v) is 75.5. The Morgan fingerprint density at radius 1 is 0.523 bits per heavy atom. The molecule has 3 aliphatic heterocycles. The number of aromatic hydroxyl groups is 1. The lowest BCUT2D eigenvalue weighted by Gasteiger charge is -2.36. The number of fused-ring (bicyclic) bond motifs is 4. The van der Waals surface area contributed by atoms with Gasteiger partial charge in [0, 0.05) is 125 Å². The van der Waals surface area contributed by atoms with Crippen molar-refractivity contribution < 1.29 is 102 Å². The third kappa shape index (κ3) is 27.5. The Labute approximate surface area is 765 Å². The minimum atomic E-state index is -1.91. The fraction of sp³-hybridized carbons (Fsp3) is 0.511. The molecule has 3 saturated heterocycles. The number of nitrogens with two attached hydrogens (primary N) is 3. The summed E-state index contributed by atoms with van der Waals surface area (Å²) >= 11 is 0.778. The van der Waals surface area contributed by atoms with Crippen LogP contribution in [0, 0.1) is 0 Å². The standard InChI is InChI=1S/C88H120N22O21S/c1-8-11-22-67-81(124)98-56(10-3)77(120)105-66(76(119)95-41-73(91)116)44-132-45-74(117)97-62(32-48-25-27-52(112)28-26-48)84(127)106(5)47(4)75(118)102-64(37-72(90)115)87(130)109-31-17-24-68(109)82(125)101-61(35-51-40-92-46-96-51)79(122)99-59(29-30-71(89)114)86(129)110-42-53(113)36-70(110)83(126)100-60(33-49-38-93-57-20-15-13-18-54(49)57)78(121)104-65(43-111)80(123)103-63(34-50-39-94-58-21-16-14-19-55(50)58)85(128)108(7)69(23-12-9-2)88(131)107(67)6/h13-16,18-21,25-28,38-40,46-47,53,56,59-70,93-94,111-113H,8-12,17,22-24,29-37,41-45H2,1-7H3,(H2,89,114)(H2,90,115)(H2,91,116)(H,92,96)(H,95,119)(H,97,117)(H,98,124)(H,99,122)(H,100,126)(H,101,125)(H,102,118)(H,103,123)(H,104,121)(H,105,120)/t47-,53+,56-,59-,60-,61-,62-,63-,64-,65-,66-,67-,68-,69-,70-/m0/s1. The molecule has 0 radical (unpaired) electrons. The number of aromatic amines is 3. The maximum absolute atomic E-state index is 15.7. The first-order valence-corrected chi connectivity index (χ1v) is 45.1. The van der Waals surface area contributed by atoms with Gasteiger partial charge >= 0.3 is 0 Å². The first-order valence-electron chi connectivity index (χ1n) is 43.9. The Hall–Kier alpha value is -13.5. The minimum absolute atomic E-state index is 0.00387. The van der Waals surface area contributed by atoms with Crippen LogP contribution in [0.2, 0.25) is 0 Å². The first-order chi connectivity index (χ1) is 62.9. The lowest BCUT2D eigenvalue weighted by Crippen LogP contribution is -2.61. The number of aliphatic hydroxyl groups excluding tert-OH is 2. The topological polar surface area (TPSA) is 643 Å². The molecule has 44 heteroatoms. The third-order valence-electron chi connectivity index (χ3n) is 23.7. The number of primary amides is 3. The smallest absolute Gasteiger partial charge is 0.246 e. The lowest BCUT2D eigenvalue weighted by molar-refractivity contribution is -0.149. The van der Waals surface area contributed by atoms with Gasteiger partial charge in [-0.05, 0) is 86.4 Å². The van der Waals surface area contributed by atoms with E-state index in [1.165, 1.54) is 64.9 Å². The highest BCUT2D eigenvalue weighted by atomic mass is 32.2. The van der Waals surface area contributed by atoms with Crippen molar-refractivity contribution in [2.45, 2.75) is 228 Å². The predicted octanol–water partition coefficient (Wildman–Crippen LogP) is -3.56. The van der Waals surface area contributed by atoms with Gasteiger partial charge in [-0.1, -0.05) is 95.0 Å². The van der Waals surface area contributed by atoms with E-state index in [4.69, 9.17) is 17.2 Å². The van der Waals surface area contributed by atoms with E-state index in [2.05, 4.69) is 73.1 Å². The molecule has 0 spiro atoms. The van der Waals surface area contributed by atoms with Gasteiger partial charge in [-0.3, -0.25) is 86.3 Å². The molecule has 132 heavy (non-hydrogen) atoms. The number of hydrogen-bond acceptors (Lipinski definition) is 23. The molecule has 6 aromatic rings. The van der Waals surface area contributed by atoms with Crippen LogP contribution in [0.5, 0.6) is 5.75 Å². The van der Waals surface area contributed by atoms with E-state index in [-0.39, 0.29) is 75.8 Å². The number of carbonyl (C=O) groups is 18.